The number of benzene rings is 1. The third kappa shape index (κ3) is 4.50. The van der Waals surface area contributed by atoms with Gasteiger partial charge in [-0.15, -0.1) is 0 Å². The Hall–Kier alpha value is -0.530. The molecule has 1 aliphatic carbocycles. The van der Waals surface area contributed by atoms with Crippen LogP contribution in [0.15, 0.2) is 24.3 Å². The summed E-state index contributed by atoms with van der Waals surface area (Å²) in [4.78, 5) is 0. The zero-order chi connectivity index (χ0) is 13.7. The molecule has 1 nitrogen and oxygen atoms in total. The number of hydrogen-bond donors (Lipinski definition) is 1. The van der Waals surface area contributed by atoms with Gasteiger partial charge in [0, 0.05) is 11.1 Å². The predicted octanol–water partition coefficient (Wildman–Crippen LogP) is 4.69. The fourth-order valence-electron chi connectivity index (χ4n) is 3.39. The van der Waals surface area contributed by atoms with E-state index in [0.717, 1.165) is 29.8 Å². The molecule has 1 aromatic rings. The Balaban J connectivity index is 2.00. The maximum Gasteiger partial charge on any atom is 0.0406 e. The van der Waals surface area contributed by atoms with E-state index in [4.69, 9.17) is 11.6 Å². The van der Waals surface area contributed by atoms with E-state index in [0.29, 0.717) is 6.04 Å². The Morgan fingerprint density at radius 2 is 2.00 bits per heavy atom. The van der Waals surface area contributed by atoms with E-state index in [-0.39, 0.29) is 0 Å². The summed E-state index contributed by atoms with van der Waals surface area (Å²) >= 11 is 5.96. The fourth-order valence-corrected chi connectivity index (χ4v) is 3.51. The Labute approximate surface area is 122 Å². The molecule has 1 fully saturated rings. The molecule has 1 saturated carbocycles. The van der Waals surface area contributed by atoms with Crippen molar-refractivity contribution in [2.24, 2.45) is 11.8 Å². The maximum absolute atomic E-state index is 5.96. The number of likely N-dealkylation sites (N-methyl/N-ethyl adjacent to an activating group) is 1. The summed E-state index contributed by atoms with van der Waals surface area (Å²) in [5.41, 5.74) is 1.40. The van der Waals surface area contributed by atoms with Crippen molar-refractivity contribution < 1.29 is 0 Å². The van der Waals surface area contributed by atoms with E-state index < -0.39 is 0 Å². The van der Waals surface area contributed by atoms with E-state index >= 15 is 0 Å². The van der Waals surface area contributed by atoms with Crippen LogP contribution >= 0.6 is 11.6 Å². The Morgan fingerprint density at radius 1 is 1.26 bits per heavy atom. The molecule has 3 atom stereocenters. The summed E-state index contributed by atoms with van der Waals surface area (Å²) in [5, 5.41) is 4.53. The minimum Gasteiger partial charge on any atom is -0.314 e. The van der Waals surface area contributed by atoms with Crippen LogP contribution in [0.1, 0.15) is 45.1 Å². The average molecular weight is 280 g/mol. The van der Waals surface area contributed by atoms with Gasteiger partial charge in [0.2, 0.25) is 0 Å². The molecule has 0 saturated heterocycles. The number of hydrogen-bond acceptors (Lipinski definition) is 1. The largest absolute Gasteiger partial charge is 0.314 e. The van der Waals surface area contributed by atoms with E-state index in [1.165, 1.54) is 31.2 Å². The van der Waals surface area contributed by atoms with Crippen LogP contribution in [0.4, 0.5) is 0 Å². The lowest BCUT2D eigenvalue weighted by atomic mass is 9.77. The second-order valence-electron chi connectivity index (χ2n) is 6.03. The predicted molar refractivity (Wildman–Crippen MR) is 83.7 cm³/mol. The van der Waals surface area contributed by atoms with Gasteiger partial charge < -0.3 is 5.32 Å². The first-order chi connectivity index (χ1) is 9.19. The third-order valence-electron chi connectivity index (χ3n) is 4.38. The third-order valence-corrected chi connectivity index (χ3v) is 4.63. The van der Waals surface area contributed by atoms with Gasteiger partial charge in [-0.2, -0.15) is 0 Å². The quantitative estimate of drug-likeness (QED) is 0.825. The SMILES string of the molecule is CCNC(Cc1ccc(Cl)cc1)C1CCCC(C)C1. The molecule has 1 aliphatic rings. The van der Waals surface area contributed by atoms with Crippen molar-refractivity contribution in [1.29, 1.82) is 0 Å². The molecule has 1 N–H and O–H groups in total. The molecular formula is C17H26ClN. The number of rotatable bonds is 5. The molecular weight excluding hydrogens is 254 g/mol. The summed E-state index contributed by atoms with van der Waals surface area (Å²) in [6.45, 7) is 5.67. The highest BCUT2D eigenvalue weighted by molar-refractivity contribution is 6.30. The molecule has 2 rings (SSSR count). The molecule has 2 heteroatoms. The zero-order valence-corrected chi connectivity index (χ0v) is 12.9. The van der Waals surface area contributed by atoms with Crippen LogP contribution in [-0.4, -0.2) is 12.6 Å². The lowest BCUT2D eigenvalue weighted by Crippen LogP contribution is -2.40. The second kappa shape index (κ2) is 7.31. The van der Waals surface area contributed by atoms with Crippen LogP contribution in [0.2, 0.25) is 5.02 Å². The normalized spacial score (nSPS) is 25.2. The minimum atomic E-state index is 0.619. The molecule has 1 aromatic carbocycles. The lowest BCUT2D eigenvalue weighted by Gasteiger charge is -2.34. The van der Waals surface area contributed by atoms with Crippen molar-refractivity contribution in [3.05, 3.63) is 34.9 Å². The number of nitrogens with one attached hydrogen (secondary N) is 1. The lowest BCUT2D eigenvalue weighted by molar-refractivity contribution is 0.222. The smallest absolute Gasteiger partial charge is 0.0406 e. The second-order valence-corrected chi connectivity index (χ2v) is 6.46. The Morgan fingerprint density at radius 3 is 2.63 bits per heavy atom. The van der Waals surface area contributed by atoms with Gasteiger partial charge >= 0.3 is 0 Å². The topological polar surface area (TPSA) is 12.0 Å². The average Bonchev–Trinajstić information content (AvgIpc) is 2.41. The van der Waals surface area contributed by atoms with Gasteiger partial charge in [-0.3, -0.25) is 0 Å². The standard InChI is InChI=1S/C17H26ClN/c1-3-19-17(15-6-4-5-13(2)11-15)12-14-7-9-16(18)10-8-14/h7-10,13,15,17,19H,3-6,11-12H2,1-2H3. The van der Waals surface area contributed by atoms with Crippen LogP contribution in [0.3, 0.4) is 0 Å². The minimum absolute atomic E-state index is 0.619. The summed E-state index contributed by atoms with van der Waals surface area (Å²) in [5.74, 6) is 1.73. The van der Waals surface area contributed by atoms with E-state index in [9.17, 15) is 0 Å². The van der Waals surface area contributed by atoms with Gasteiger partial charge in [-0.25, -0.2) is 0 Å². The summed E-state index contributed by atoms with van der Waals surface area (Å²) < 4.78 is 0. The molecule has 0 aromatic heterocycles. The van der Waals surface area contributed by atoms with Crippen LogP contribution in [0.25, 0.3) is 0 Å². The van der Waals surface area contributed by atoms with Crippen molar-refractivity contribution in [2.45, 2.75) is 52.0 Å². The monoisotopic (exact) mass is 279 g/mol. The zero-order valence-electron chi connectivity index (χ0n) is 12.2. The van der Waals surface area contributed by atoms with Gasteiger partial charge in [0.1, 0.15) is 0 Å². The molecule has 0 amide bonds. The summed E-state index contributed by atoms with van der Waals surface area (Å²) in [6, 6.07) is 8.96. The molecule has 3 unspecified atom stereocenters. The number of halogens is 1. The first-order valence-electron chi connectivity index (χ1n) is 7.67. The maximum atomic E-state index is 5.96. The van der Waals surface area contributed by atoms with E-state index in [2.05, 4.69) is 31.3 Å². The van der Waals surface area contributed by atoms with Crippen molar-refractivity contribution in [1.82, 2.24) is 5.32 Å². The van der Waals surface area contributed by atoms with Gasteiger partial charge in [-0.1, -0.05) is 50.4 Å². The molecule has 0 heterocycles. The van der Waals surface area contributed by atoms with Crippen LogP contribution < -0.4 is 5.32 Å². The Kier molecular flexibility index (Phi) is 5.72. The fraction of sp³-hybridized carbons (Fsp3) is 0.647. The first kappa shape index (κ1) is 14.9. The summed E-state index contributed by atoms with van der Waals surface area (Å²) in [6.07, 6.45) is 6.70. The van der Waals surface area contributed by atoms with Crippen molar-refractivity contribution >= 4 is 11.6 Å². The molecule has 0 radical (unpaired) electrons. The van der Waals surface area contributed by atoms with Crippen molar-refractivity contribution in [2.75, 3.05) is 6.54 Å². The van der Waals surface area contributed by atoms with E-state index in [1.807, 2.05) is 12.1 Å². The first-order valence-corrected chi connectivity index (χ1v) is 8.04. The highest BCUT2D eigenvalue weighted by atomic mass is 35.5. The van der Waals surface area contributed by atoms with E-state index in [1.54, 1.807) is 0 Å². The van der Waals surface area contributed by atoms with Gasteiger partial charge in [0.05, 0.1) is 0 Å². The molecule has 0 aliphatic heterocycles. The van der Waals surface area contributed by atoms with Crippen LogP contribution in [-0.2, 0) is 6.42 Å². The van der Waals surface area contributed by atoms with Gasteiger partial charge in [0.25, 0.3) is 0 Å². The van der Waals surface area contributed by atoms with Crippen LogP contribution in [0.5, 0.6) is 0 Å². The van der Waals surface area contributed by atoms with Crippen molar-refractivity contribution in [3.8, 4) is 0 Å². The van der Waals surface area contributed by atoms with Crippen molar-refractivity contribution in [3.63, 3.8) is 0 Å². The highest BCUT2D eigenvalue weighted by Crippen LogP contribution is 2.32. The highest BCUT2D eigenvalue weighted by Gasteiger charge is 2.26. The molecule has 106 valence electrons. The molecule has 0 spiro atoms. The molecule has 0 bridgehead atoms. The van der Waals surface area contributed by atoms with Gasteiger partial charge in [-0.05, 0) is 55.3 Å². The Bertz CT molecular complexity index is 373. The van der Waals surface area contributed by atoms with Gasteiger partial charge in [0.15, 0.2) is 0 Å². The molecule has 19 heavy (non-hydrogen) atoms. The summed E-state index contributed by atoms with van der Waals surface area (Å²) in [7, 11) is 0. The van der Waals surface area contributed by atoms with Crippen LogP contribution in [0, 0.1) is 11.8 Å².